The molecule has 0 radical (unpaired) electrons. The van der Waals surface area contributed by atoms with Crippen molar-refractivity contribution in [3.8, 4) is 0 Å². The number of pyridine rings is 1. The van der Waals surface area contributed by atoms with Crippen LogP contribution in [0.5, 0.6) is 0 Å². The molecule has 2 N–H and O–H groups in total. The van der Waals surface area contributed by atoms with E-state index in [-0.39, 0.29) is 23.7 Å². The number of ketones is 1. The van der Waals surface area contributed by atoms with Crippen LogP contribution in [-0.4, -0.2) is 31.7 Å². The number of aliphatic hydroxyl groups is 1. The maximum atomic E-state index is 12.9. The Morgan fingerprint density at radius 2 is 2.00 bits per heavy atom. The Labute approximate surface area is 155 Å². The molecule has 1 aromatic carbocycles. The van der Waals surface area contributed by atoms with Crippen molar-refractivity contribution in [3.63, 3.8) is 0 Å². The van der Waals surface area contributed by atoms with Crippen molar-refractivity contribution in [1.29, 1.82) is 0 Å². The molecule has 3 aromatic rings. The van der Waals surface area contributed by atoms with E-state index < -0.39 is 17.7 Å². The molecule has 1 amide bonds. The Balaban J connectivity index is 1.89. The number of hydrogen-bond acceptors (Lipinski definition) is 5. The highest BCUT2D eigenvalue weighted by molar-refractivity contribution is 6.16. The predicted molar refractivity (Wildman–Crippen MR) is 100 cm³/mol. The zero-order valence-electron chi connectivity index (χ0n) is 14.9. The highest BCUT2D eigenvalue weighted by Gasteiger charge is 2.45. The summed E-state index contributed by atoms with van der Waals surface area (Å²) in [5, 5.41) is 10.5. The Hall–Kier alpha value is -3.48. The van der Waals surface area contributed by atoms with Gasteiger partial charge in [-0.2, -0.15) is 0 Å². The number of benzene rings is 1. The highest BCUT2D eigenvalue weighted by Crippen LogP contribution is 2.40. The van der Waals surface area contributed by atoms with Crippen molar-refractivity contribution in [2.75, 3.05) is 4.90 Å². The molecule has 0 bridgehead atoms. The summed E-state index contributed by atoms with van der Waals surface area (Å²) >= 11 is 0. The molecule has 0 aliphatic carbocycles. The van der Waals surface area contributed by atoms with Crippen LogP contribution in [0.2, 0.25) is 0 Å². The monoisotopic (exact) mass is 362 g/mol. The van der Waals surface area contributed by atoms with E-state index in [1.165, 1.54) is 4.90 Å². The number of rotatable bonds is 4. The molecular formula is C20H18N4O3. The van der Waals surface area contributed by atoms with Crippen LogP contribution in [0, 0.1) is 6.92 Å². The second-order valence-electron chi connectivity index (χ2n) is 6.48. The SMILES string of the molecule is CCC(=O)C1=C(O)C(=O)N(c2nc3ccc(C)cc3[nH]2)C1c1ccncc1. The lowest BCUT2D eigenvalue weighted by molar-refractivity contribution is -0.118. The van der Waals surface area contributed by atoms with Gasteiger partial charge in [0.15, 0.2) is 11.5 Å². The van der Waals surface area contributed by atoms with E-state index >= 15 is 0 Å². The minimum atomic E-state index is -0.755. The van der Waals surface area contributed by atoms with Crippen LogP contribution in [0.15, 0.2) is 54.1 Å². The number of H-pyrrole nitrogens is 1. The first-order chi connectivity index (χ1) is 13.0. The molecule has 1 aliphatic rings. The molecule has 7 heteroatoms. The van der Waals surface area contributed by atoms with Crippen LogP contribution in [0.3, 0.4) is 0 Å². The fraction of sp³-hybridized carbons (Fsp3) is 0.200. The van der Waals surface area contributed by atoms with Crippen molar-refractivity contribution in [3.05, 3.63) is 65.2 Å². The number of aromatic amines is 1. The lowest BCUT2D eigenvalue weighted by atomic mass is 9.96. The molecule has 136 valence electrons. The molecule has 0 spiro atoms. The third kappa shape index (κ3) is 2.68. The summed E-state index contributed by atoms with van der Waals surface area (Å²) in [4.78, 5) is 38.3. The first-order valence-electron chi connectivity index (χ1n) is 8.67. The molecule has 27 heavy (non-hydrogen) atoms. The van der Waals surface area contributed by atoms with Crippen LogP contribution in [0.4, 0.5) is 5.95 Å². The Bertz CT molecular complexity index is 1090. The summed E-state index contributed by atoms with van der Waals surface area (Å²) in [6.45, 7) is 3.66. The number of anilines is 1. The molecule has 0 fully saturated rings. The molecule has 3 heterocycles. The van der Waals surface area contributed by atoms with E-state index in [2.05, 4.69) is 15.0 Å². The molecule has 2 aromatic heterocycles. The summed E-state index contributed by atoms with van der Waals surface area (Å²) in [5.41, 5.74) is 3.30. The van der Waals surface area contributed by atoms with Crippen LogP contribution in [0.25, 0.3) is 11.0 Å². The van der Waals surface area contributed by atoms with Gasteiger partial charge in [0.05, 0.1) is 22.6 Å². The Morgan fingerprint density at radius 3 is 2.70 bits per heavy atom. The van der Waals surface area contributed by atoms with Crippen molar-refractivity contribution in [2.45, 2.75) is 26.3 Å². The zero-order chi connectivity index (χ0) is 19.1. The second-order valence-corrected chi connectivity index (χ2v) is 6.48. The van der Waals surface area contributed by atoms with Crippen molar-refractivity contribution in [2.24, 2.45) is 0 Å². The first-order valence-corrected chi connectivity index (χ1v) is 8.67. The van der Waals surface area contributed by atoms with Gasteiger partial charge in [-0.25, -0.2) is 4.98 Å². The zero-order valence-corrected chi connectivity index (χ0v) is 14.9. The molecule has 0 saturated carbocycles. The number of hydrogen-bond donors (Lipinski definition) is 2. The minimum absolute atomic E-state index is 0.0883. The quantitative estimate of drug-likeness (QED) is 0.743. The van der Waals surface area contributed by atoms with E-state index in [1.54, 1.807) is 31.5 Å². The lowest BCUT2D eigenvalue weighted by Gasteiger charge is -2.24. The number of aromatic nitrogens is 3. The van der Waals surface area contributed by atoms with Crippen molar-refractivity contribution < 1.29 is 14.7 Å². The van der Waals surface area contributed by atoms with Crippen LogP contribution in [0.1, 0.15) is 30.5 Å². The average Bonchev–Trinajstić information content (AvgIpc) is 3.20. The molecular weight excluding hydrogens is 344 g/mol. The van der Waals surface area contributed by atoms with Gasteiger partial charge in [0.25, 0.3) is 5.91 Å². The lowest BCUT2D eigenvalue weighted by Crippen LogP contribution is -2.31. The number of Topliss-reactive ketones (excluding diaryl/α,β-unsaturated/α-hetero) is 1. The molecule has 7 nitrogen and oxygen atoms in total. The summed E-state index contributed by atoms with van der Waals surface area (Å²) in [6.07, 6.45) is 3.36. The smallest absolute Gasteiger partial charge is 0.296 e. The summed E-state index contributed by atoms with van der Waals surface area (Å²) in [5.74, 6) is -1.17. The van der Waals surface area contributed by atoms with Gasteiger partial charge in [-0.3, -0.25) is 19.5 Å². The number of amides is 1. The van der Waals surface area contributed by atoms with Gasteiger partial charge in [-0.1, -0.05) is 13.0 Å². The number of nitrogens with zero attached hydrogens (tertiary/aromatic N) is 3. The maximum Gasteiger partial charge on any atom is 0.296 e. The Morgan fingerprint density at radius 1 is 1.26 bits per heavy atom. The Kier molecular flexibility index (Phi) is 3.99. The topological polar surface area (TPSA) is 99.2 Å². The van der Waals surface area contributed by atoms with Gasteiger partial charge in [0, 0.05) is 18.8 Å². The van der Waals surface area contributed by atoms with Crippen LogP contribution >= 0.6 is 0 Å². The van der Waals surface area contributed by atoms with Crippen LogP contribution < -0.4 is 4.90 Å². The standard InChI is InChI=1S/C20H18N4O3/c1-3-15(25)16-17(12-6-8-21-9-7-12)24(19(27)18(16)26)20-22-13-5-4-11(2)10-14(13)23-20/h4-10,17,26H,3H2,1-2H3,(H,22,23). The van der Waals surface area contributed by atoms with Gasteiger partial charge >= 0.3 is 0 Å². The first kappa shape index (κ1) is 17.0. The highest BCUT2D eigenvalue weighted by atomic mass is 16.3. The van der Waals surface area contributed by atoms with E-state index in [0.29, 0.717) is 11.1 Å². The van der Waals surface area contributed by atoms with Crippen molar-refractivity contribution in [1.82, 2.24) is 15.0 Å². The molecule has 0 saturated heterocycles. The molecule has 1 unspecified atom stereocenters. The molecule has 1 aliphatic heterocycles. The number of aryl methyl sites for hydroxylation is 1. The summed E-state index contributed by atoms with van der Waals surface area (Å²) in [6, 6.07) is 8.41. The molecule has 4 rings (SSSR count). The minimum Gasteiger partial charge on any atom is -0.503 e. The van der Waals surface area contributed by atoms with Gasteiger partial charge in [0.1, 0.15) is 0 Å². The predicted octanol–water partition coefficient (Wildman–Crippen LogP) is 3.15. The number of fused-ring (bicyclic) bond motifs is 1. The van der Waals surface area contributed by atoms with Gasteiger partial charge in [0.2, 0.25) is 5.95 Å². The number of carbonyl (C=O) groups is 2. The fourth-order valence-corrected chi connectivity index (χ4v) is 3.38. The number of aliphatic hydroxyl groups excluding tert-OH is 1. The normalized spacial score (nSPS) is 17.2. The van der Waals surface area contributed by atoms with E-state index in [9.17, 15) is 14.7 Å². The summed E-state index contributed by atoms with van der Waals surface area (Å²) < 4.78 is 0. The third-order valence-corrected chi connectivity index (χ3v) is 4.70. The number of imidazole rings is 1. The third-order valence-electron chi connectivity index (χ3n) is 4.70. The van der Waals surface area contributed by atoms with Gasteiger partial charge in [-0.05, 0) is 42.3 Å². The van der Waals surface area contributed by atoms with E-state index in [1.807, 2.05) is 25.1 Å². The van der Waals surface area contributed by atoms with Gasteiger partial charge < -0.3 is 10.1 Å². The average molecular weight is 362 g/mol. The molecule has 1 atom stereocenters. The van der Waals surface area contributed by atoms with Crippen LogP contribution in [-0.2, 0) is 9.59 Å². The van der Waals surface area contributed by atoms with Crippen molar-refractivity contribution >= 4 is 28.7 Å². The number of nitrogens with one attached hydrogen (secondary N) is 1. The van der Waals surface area contributed by atoms with E-state index in [4.69, 9.17) is 0 Å². The number of carbonyl (C=O) groups excluding carboxylic acids is 2. The second kappa shape index (κ2) is 6.35. The van der Waals surface area contributed by atoms with E-state index in [0.717, 1.165) is 11.1 Å². The summed E-state index contributed by atoms with van der Waals surface area (Å²) in [7, 11) is 0. The largest absolute Gasteiger partial charge is 0.503 e. The fourth-order valence-electron chi connectivity index (χ4n) is 3.38. The van der Waals surface area contributed by atoms with Gasteiger partial charge in [-0.15, -0.1) is 0 Å². The maximum absolute atomic E-state index is 12.9.